The van der Waals surface area contributed by atoms with Crippen LogP contribution in [0.15, 0.2) is 42.5 Å². The van der Waals surface area contributed by atoms with Crippen molar-refractivity contribution >= 4 is 34.6 Å². The number of amides is 1. The Hall–Kier alpha value is -3.41. The average Bonchev–Trinajstić information content (AvgIpc) is 2.88. The van der Waals surface area contributed by atoms with Crippen LogP contribution in [-0.4, -0.2) is 28.1 Å². The number of hydrogen-bond donors (Lipinski definition) is 3. The molecule has 0 radical (unpaired) electrons. The number of aldehydes is 1. The summed E-state index contributed by atoms with van der Waals surface area (Å²) in [7, 11) is 0. The van der Waals surface area contributed by atoms with Crippen molar-refractivity contribution in [1.29, 1.82) is 0 Å². The van der Waals surface area contributed by atoms with Crippen molar-refractivity contribution in [2.24, 2.45) is 0 Å². The number of hydrogen-bond acceptors (Lipinski definition) is 4. The maximum atomic E-state index is 12.6. The number of nitrogens with one attached hydrogen (secondary N) is 2. The second kappa shape index (κ2) is 6.00. The lowest BCUT2D eigenvalue weighted by molar-refractivity contribution is -0.114. The molecule has 1 aromatic heterocycles. The minimum atomic E-state index is -0.219. The van der Waals surface area contributed by atoms with Crippen LogP contribution in [0.2, 0.25) is 0 Å². The van der Waals surface area contributed by atoms with Gasteiger partial charge in [0.2, 0.25) is 5.91 Å². The van der Waals surface area contributed by atoms with Crippen molar-refractivity contribution in [1.82, 2.24) is 4.98 Å². The number of rotatable bonds is 4. The predicted molar refractivity (Wildman–Crippen MR) is 89.5 cm³/mol. The summed E-state index contributed by atoms with van der Waals surface area (Å²) >= 11 is 0. The first kappa shape index (κ1) is 15.5. The number of benzene rings is 2. The smallest absolute Gasteiger partial charge is 0.221 e. The fraction of sp³-hybridized carbons (Fsp3) is 0.0556. The van der Waals surface area contributed by atoms with Crippen LogP contribution < -0.4 is 5.32 Å². The van der Waals surface area contributed by atoms with Gasteiger partial charge in [0.15, 0.2) is 17.9 Å². The Kier molecular flexibility index (Phi) is 3.87. The third kappa shape index (κ3) is 2.77. The number of fused-ring (bicyclic) bond motifs is 1. The standard InChI is InChI=1S/C18H14N2O4/c1-10(22)19-13-5-2-11(3-6-13)17(23)12-4-7-16-14(8-12)15(9-21)18(24)20-16/h2-9,20,24H,1H3,(H,19,22). The molecule has 6 heteroatoms. The topological polar surface area (TPSA) is 99.3 Å². The number of aromatic hydroxyl groups is 1. The first-order chi connectivity index (χ1) is 11.5. The van der Waals surface area contributed by atoms with E-state index < -0.39 is 0 Å². The lowest BCUT2D eigenvalue weighted by Crippen LogP contribution is -2.06. The van der Waals surface area contributed by atoms with Gasteiger partial charge in [-0.25, -0.2) is 0 Å². The number of ketones is 1. The van der Waals surface area contributed by atoms with Crippen LogP contribution in [0.25, 0.3) is 10.9 Å². The minimum absolute atomic E-state index is 0.126. The fourth-order valence-corrected chi connectivity index (χ4v) is 2.53. The molecule has 0 atom stereocenters. The summed E-state index contributed by atoms with van der Waals surface area (Å²) in [6.07, 6.45) is 0.546. The zero-order valence-electron chi connectivity index (χ0n) is 12.8. The molecule has 1 heterocycles. The third-order valence-corrected chi connectivity index (χ3v) is 3.67. The first-order valence-corrected chi connectivity index (χ1v) is 7.22. The average molecular weight is 322 g/mol. The molecule has 0 saturated heterocycles. The zero-order valence-corrected chi connectivity index (χ0v) is 12.8. The minimum Gasteiger partial charge on any atom is -0.494 e. The molecule has 120 valence electrons. The highest BCUT2D eigenvalue weighted by Crippen LogP contribution is 2.27. The van der Waals surface area contributed by atoms with Gasteiger partial charge >= 0.3 is 0 Å². The zero-order chi connectivity index (χ0) is 17.3. The van der Waals surface area contributed by atoms with E-state index in [-0.39, 0.29) is 23.1 Å². The molecule has 1 amide bonds. The highest BCUT2D eigenvalue weighted by Gasteiger charge is 2.14. The Morgan fingerprint density at radius 1 is 1.08 bits per heavy atom. The van der Waals surface area contributed by atoms with Gasteiger partial charge in [-0.2, -0.15) is 0 Å². The van der Waals surface area contributed by atoms with Crippen LogP contribution in [0.4, 0.5) is 5.69 Å². The number of carbonyl (C=O) groups excluding carboxylic acids is 3. The maximum Gasteiger partial charge on any atom is 0.221 e. The van der Waals surface area contributed by atoms with Crippen LogP contribution in [0.1, 0.15) is 33.2 Å². The van der Waals surface area contributed by atoms with E-state index in [0.29, 0.717) is 34.0 Å². The van der Waals surface area contributed by atoms with Gasteiger partial charge in [-0.1, -0.05) is 0 Å². The first-order valence-electron chi connectivity index (χ1n) is 7.22. The summed E-state index contributed by atoms with van der Waals surface area (Å²) in [4.78, 5) is 37.4. The Bertz CT molecular complexity index is 955. The summed E-state index contributed by atoms with van der Waals surface area (Å²) in [5, 5.41) is 12.8. The van der Waals surface area contributed by atoms with E-state index in [4.69, 9.17) is 0 Å². The van der Waals surface area contributed by atoms with Crippen molar-refractivity contribution in [2.45, 2.75) is 6.92 Å². The molecule has 3 aromatic rings. The number of aromatic amines is 1. The Balaban J connectivity index is 1.96. The molecule has 0 bridgehead atoms. The Morgan fingerprint density at radius 2 is 1.75 bits per heavy atom. The number of carbonyl (C=O) groups is 3. The summed E-state index contributed by atoms with van der Waals surface area (Å²) in [6, 6.07) is 11.4. The van der Waals surface area contributed by atoms with E-state index in [1.807, 2.05) is 0 Å². The molecule has 0 fully saturated rings. The molecule has 0 spiro atoms. The number of anilines is 1. The molecule has 2 aromatic carbocycles. The molecular formula is C18H14N2O4. The monoisotopic (exact) mass is 322 g/mol. The molecule has 3 N–H and O–H groups in total. The summed E-state index contributed by atoms with van der Waals surface area (Å²) in [5.41, 5.74) is 2.16. The van der Waals surface area contributed by atoms with Gasteiger partial charge < -0.3 is 15.4 Å². The lowest BCUT2D eigenvalue weighted by Gasteiger charge is -2.05. The molecule has 24 heavy (non-hydrogen) atoms. The lowest BCUT2D eigenvalue weighted by atomic mass is 10.0. The van der Waals surface area contributed by atoms with Crippen LogP contribution in [0.3, 0.4) is 0 Å². The molecule has 0 aliphatic carbocycles. The Labute approximate surface area is 137 Å². The molecular weight excluding hydrogens is 308 g/mol. The van der Waals surface area contributed by atoms with Gasteiger partial charge in [0.25, 0.3) is 0 Å². The van der Waals surface area contributed by atoms with E-state index in [9.17, 15) is 19.5 Å². The normalized spacial score (nSPS) is 10.5. The van der Waals surface area contributed by atoms with Crippen molar-refractivity contribution < 1.29 is 19.5 Å². The fourth-order valence-electron chi connectivity index (χ4n) is 2.53. The summed E-state index contributed by atoms with van der Waals surface area (Å²) in [5.74, 6) is -0.624. The SMILES string of the molecule is CC(=O)Nc1ccc(C(=O)c2ccc3[nH]c(O)c(C=O)c3c2)cc1. The van der Waals surface area contributed by atoms with Gasteiger partial charge in [-0.3, -0.25) is 14.4 Å². The largest absolute Gasteiger partial charge is 0.494 e. The maximum absolute atomic E-state index is 12.6. The van der Waals surface area contributed by atoms with Gasteiger partial charge in [0.05, 0.1) is 5.56 Å². The second-order valence-corrected chi connectivity index (χ2v) is 5.35. The van der Waals surface area contributed by atoms with E-state index in [1.54, 1.807) is 42.5 Å². The quantitative estimate of drug-likeness (QED) is 0.508. The van der Waals surface area contributed by atoms with E-state index in [0.717, 1.165) is 0 Å². The van der Waals surface area contributed by atoms with Gasteiger partial charge in [0, 0.05) is 34.6 Å². The number of aromatic nitrogens is 1. The molecule has 3 rings (SSSR count). The molecule has 6 nitrogen and oxygen atoms in total. The van der Waals surface area contributed by atoms with Crippen molar-refractivity contribution in [3.63, 3.8) is 0 Å². The van der Waals surface area contributed by atoms with Gasteiger partial charge in [-0.05, 0) is 42.5 Å². The molecule has 0 saturated carbocycles. The van der Waals surface area contributed by atoms with Gasteiger partial charge in [0.1, 0.15) is 0 Å². The summed E-state index contributed by atoms with van der Waals surface area (Å²) in [6.45, 7) is 1.41. The second-order valence-electron chi connectivity index (χ2n) is 5.35. The van der Waals surface area contributed by atoms with Crippen molar-refractivity contribution in [3.05, 3.63) is 59.2 Å². The Morgan fingerprint density at radius 3 is 2.38 bits per heavy atom. The highest BCUT2D eigenvalue weighted by molar-refractivity contribution is 6.12. The van der Waals surface area contributed by atoms with Crippen molar-refractivity contribution in [2.75, 3.05) is 5.32 Å². The summed E-state index contributed by atoms with van der Waals surface area (Å²) < 4.78 is 0. The van der Waals surface area contributed by atoms with E-state index in [2.05, 4.69) is 10.3 Å². The number of H-pyrrole nitrogens is 1. The van der Waals surface area contributed by atoms with Crippen LogP contribution in [0.5, 0.6) is 5.88 Å². The van der Waals surface area contributed by atoms with E-state index >= 15 is 0 Å². The third-order valence-electron chi connectivity index (χ3n) is 3.67. The van der Waals surface area contributed by atoms with Gasteiger partial charge in [-0.15, -0.1) is 0 Å². The highest BCUT2D eigenvalue weighted by atomic mass is 16.3. The molecule has 0 unspecified atom stereocenters. The molecule has 0 aliphatic rings. The predicted octanol–water partition coefficient (Wildman–Crippen LogP) is 2.88. The van der Waals surface area contributed by atoms with Crippen LogP contribution >= 0.6 is 0 Å². The van der Waals surface area contributed by atoms with E-state index in [1.165, 1.54) is 6.92 Å². The van der Waals surface area contributed by atoms with Crippen molar-refractivity contribution in [3.8, 4) is 5.88 Å². The van der Waals surface area contributed by atoms with Crippen LogP contribution in [-0.2, 0) is 4.79 Å². The molecule has 0 aliphatic heterocycles. The van der Waals surface area contributed by atoms with Crippen LogP contribution in [0, 0.1) is 0 Å².